The molecule has 0 spiro atoms. The summed E-state index contributed by atoms with van der Waals surface area (Å²) < 4.78 is 6.17. The summed E-state index contributed by atoms with van der Waals surface area (Å²) in [5.74, 6) is 0.933. The molecular weight excluding hydrogens is 246 g/mol. The molecule has 1 saturated carbocycles. The Morgan fingerprint density at radius 1 is 1.39 bits per heavy atom. The lowest BCUT2D eigenvalue weighted by molar-refractivity contribution is -0.0725. The van der Waals surface area contributed by atoms with Crippen LogP contribution < -0.4 is 10.5 Å². The van der Waals surface area contributed by atoms with Gasteiger partial charge in [-0.15, -0.1) is 0 Å². The zero-order valence-corrected chi connectivity index (χ0v) is 12.1. The molecule has 0 amide bonds. The first kappa shape index (κ1) is 13.7. The maximum absolute atomic E-state index is 6.18. The fourth-order valence-electron chi connectivity index (χ4n) is 3.07. The lowest BCUT2D eigenvalue weighted by Crippen LogP contribution is -2.63. The molecule has 18 heavy (non-hydrogen) atoms. The average Bonchev–Trinajstić information content (AvgIpc) is 2.33. The van der Waals surface area contributed by atoms with Gasteiger partial charge in [0.25, 0.3) is 0 Å². The highest BCUT2D eigenvalue weighted by molar-refractivity contribution is 6.30. The number of ether oxygens (including phenoxy) is 1. The standard InChI is InChI=1S/C15H22ClNO/c1-4-15(5-2)13(17)9-14(15)18-12-7-6-11(16)8-10(12)3/h6-8,13-14H,4-5,9,17H2,1-3H3. The second-order valence-corrected chi connectivity index (χ2v) is 5.74. The van der Waals surface area contributed by atoms with Gasteiger partial charge >= 0.3 is 0 Å². The molecule has 2 atom stereocenters. The molecule has 1 aromatic carbocycles. The molecule has 0 bridgehead atoms. The van der Waals surface area contributed by atoms with E-state index in [-0.39, 0.29) is 17.6 Å². The van der Waals surface area contributed by atoms with Crippen LogP contribution in [0.3, 0.4) is 0 Å². The SMILES string of the molecule is CCC1(CC)C(N)CC1Oc1ccc(Cl)cc1C. The first-order chi connectivity index (χ1) is 8.53. The topological polar surface area (TPSA) is 35.2 Å². The van der Waals surface area contributed by atoms with Gasteiger partial charge in [-0.1, -0.05) is 25.4 Å². The van der Waals surface area contributed by atoms with Crippen LogP contribution in [0.2, 0.25) is 5.02 Å². The third-order valence-electron chi connectivity index (χ3n) is 4.57. The van der Waals surface area contributed by atoms with Crippen LogP contribution in [-0.2, 0) is 0 Å². The van der Waals surface area contributed by atoms with Gasteiger partial charge in [-0.05, 0) is 43.5 Å². The van der Waals surface area contributed by atoms with Gasteiger partial charge in [-0.3, -0.25) is 0 Å². The van der Waals surface area contributed by atoms with Crippen molar-refractivity contribution in [3.05, 3.63) is 28.8 Å². The second kappa shape index (κ2) is 5.10. The van der Waals surface area contributed by atoms with Gasteiger partial charge in [0.1, 0.15) is 11.9 Å². The summed E-state index contributed by atoms with van der Waals surface area (Å²) in [5, 5.41) is 0.752. The summed E-state index contributed by atoms with van der Waals surface area (Å²) >= 11 is 5.96. The molecule has 1 aliphatic carbocycles. The molecule has 2 N–H and O–H groups in total. The molecule has 1 aliphatic rings. The van der Waals surface area contributed by atoms with Crippen LogP contribution in [-0.4, -0.2) is 12.1 Å². The van der Waals surface area contributed by atoms with Crippen molar-refractivity contribution in [2.75, 3.05) is 0 Å². The highest BCUT2D eigenvalue weighted by Crippen LogP contribution is 2.48. The average molecular weight is 268 g/mol. The number of hydrogen-bond donors (Lipinski definition) is 1. The van der Waals surface area contributed by atoms with E-state index >= 15 is 0 Å². The van der Waals surface area contributed by atoms with Gasteiger partial charge in [0.15, 0.2) is 0 Å². The van der Waals surface area contributed by atoms with Crippen molar-refractivity contribution < 1.29 is 4.74 Å². The lowest BCUT2D eigenvalue weighted by Gasteiger charge is -2.53. The van der Waals surface area contributed by atoms with Gasteiger partial charge in [-0.25, -0.2) is 0 Å². The number of hydrogen-bond acceptors (Lipinski definition) is 2. The molecule has 3 heteroatoms. The van der Waals surface area contributed by atoms with E-state index in [0.717, 1.165) is 35.6 Å². The number of nitrogens with two attached hydrogens (primary N) is 1. The summed E-state index contributed by atoms with van der Waals surface area (Å²) in [5.41, 5.74) is 7.42. The third-order valence-corrected chi connectivity index (χ3v) is 4.81. The Balaban J connectivity index is 2.15. The van der Waals surface area contributed by atoms with E-state index in [4.69, 9.17) is 22.1 Å². The maximum atomic E-state index is 6.18. The molecule has 0 heterocycles. The van der Waals surface area contributed by atoms with Crippen molar-refractivity contribution in [2.45, 2.75) is 52.2 Å². The van der Waals surface area contributed by atoms with Crippen LogP contribution in [0, 0.1) is 12.3 Å². The fraction of sp³-hybridized carbons (Fsp3) is 0.600. The molecule has 2 unspecified atom stereocenters. The monoisotopic (exact) mass is 267 g/mol. The predicted octanol–water partition coefficient (Wildman–Crippen LogP) is 3.93. The van der Waals surface area contributed by atoms with Crippen LogP contribution in [0.4, 0.5) is 0 Å². The van der Waals surface area contributed by atoms with Gasteiger partial charge < -0.3 is 10.5 Å². The highest BCUT2D eigenvalue weighted by Gasteiger charge is 2.52. The van der Waals surface area contributed by atoms with E-state index in [1.165, 1.54) is 0 Å². The molecule has 0 aromatic heterocycles. The van der Waals surface area contributed by atoms with E-state index in [9.17, 15) is 0 Å². The van der Waals surface area contributed by atoms with Crippen molar-refractivity contribution in [3.63, 3.8) is 0 Å². The fourth-order valence-corrected chi connectivity index (χ4v) is 3.30. The van der Waals surface area contributed by atoms with Crippen molar-refractivity contribution in [3.8, 4) is 5.75 Å². The Bertz CT molecular complexity index is 429. The van der Waals surface area contributed by atoms with Crippen LogP contribution in [0.5, 0.6) is 5.75 Å². The molecule has 2 nitrogen and oxygen atoms in total. The van der Waals surface area contributed by atoms with Crippen molar-refractivity contribution in [1.29, 1.82) is 0 Å². The van der Waals surface area contributed by atoms with E-state index in [1.807, 2.05) is 25.1 Å². The minimum absolute atomic E-state index is 0.145. The summed E-state index contributed by atoms with van der Waals surface area (Å²) in [7, 11) is 0. The number of halogens is 1. The summed E-state index contributed by atoms with van der Waals surface area (Å²) in [6.45, 7) is 6.43. The molecule has 0 saturated heterocycles. The summed E-state index contributed by atoms with van der Waals surface area (Å²) in [4.78, 5) is 0. The van der Waals surface area contributed by atoms with Gasteiger partial charge in [0.2, 0.25) is 0 Å². The maximum Gasteiger partial charge on any atom is 0.122 e. The zero-order chi connectivity index (χ0) is 13.3. The summed E-state index contributed by atoms with van der Waals surface area (Å²) in [6.07, 6.45) is 3.33. The smallest absolute Gasteiger partial charge is 0.122 e. The largest absolute Gasteiger partial charge is 0.489 e. The Hall–Kier alpha value is -0.730. The molecular formula is C15H22ClNO. The van der Waals surface area contributed by atoms with Crippen LogP contribution >= 0.6 is 11.6 Å². The molecule has 100 valence electrons. The summed E-state index contributed by atoms with van der Waals surface area (Å²) in [6, 6.07) is 6.04. The Labute approximate surface area is 114 Å². The van der Waals surface area contributed by atoms with Crippen LogP contribution in [0.25, 0.3) is 0 Å². The number of benzene rings is 1. The number of rotatable bonds is 4. The van der Waals surface area contributed by atoms with E-state index in [0.29, 0.717) is 0 Å². The molecule has 2 rings (SSSR count). The van der Waals surface area contributed by atoms with E-state index in [2.05, 4.69) is 13.8 Å². The predicted molar refractivity (Wildman–Crippen MR) is 76.2 cm³/mol. The normalized spacial score (nSPS) is 25.6. The van der Waals surface area contributed by atoms with Crippen LogP contribution in [0.1, 0.15) is 38.7 Å². The number of aryl methyl sites for hydroxylation is 1. The zero-order valence-electron chi connectivity index (χ0n) is 11.4. The Kier molecular flexibility index (Phi) is 3.88. The van der Waals surface area contributed by atoms with Gasteiger partial charge in [-0.2, -0.15) is 0 Å². The van der Waals surface area contributed by atoms with Crippen molar-refractivity contribution in [1.82, 2.24) is 0 Å². The van der Waals surface area contributed by atoms with Crippen molar-refractivity contribution >= 4 is 11.6 Å². The second-order valence-electron chi connectivity index (χ2n) is 5.30. The lowest BCUT2D eigenvalue weighted by atomic mass is 9.59. The molecule has 0 aliphatic heterocycles. The first-order valence-electron chi connectivity index (χ1n) is 6.72. The Morgan fingerprint density at radius 3 is 2.56 bits per heavy atom. The molecule has 1 aromatic rings. The third kappa shape index (κ3) is 2.12. The van der Waals surface area contributed by atoms with Gasteiger partial charge in [0, 0.05) is 22.9 Å². The minimum atomic E-state index is 0.145. The Morgan fingerprint density at radius 2 is 2.06 bits per heavy atom. The highest BCUT2D eigenvalue weighted by atomic mass is 35.5. The van der Waals surface area contributed by atoms with Gasteiger partial charge in [0.05, 0.1) is 0 Å². The minimum Gasteiger partial charge on any atom is -0.489 e. The van der Waals surface area contributed by atoms with Crippen LogP contribution in [0.15, 0.2) is 18.2 Å². The molecule has 0 radical (unpaired) electrons. The quantitative estimate of drug-likeness (QED) is 0.897. The van der Waals surface area contributed by atoms with E-state index < -0.39 is 0 Å². The first-order valence-corrected chi connectivity index (χ1v) is 7.09. The van der Waals surface area contributed by atoms with E-state index in [1.54, 1.807) is 0 Å². The van der Waals surface area contributed by atoms with Crippen molar-refractivity contribution in [2.24, 2.45) is 11.1 Å². The molecule has 1 fully saturated rings.